The lowest BCUT2D eigenvalue weighted by Gasteiger charge is -2.20. The predicted molar refractivity (Wildman–Crippen MR) is 75.5 cm³/mol. The van der Waals surface area contributed by atoms with Gasteiger partial charge in [0.25, 0.3) is 0 Å². The van der Waals surface area contributed by atoms with Gasteiger partial charge in [-0.15, -0.1) is 0 Å². The molecule has 1 heterocycles. The molecule has 0 amide bonds. The van der Waals surface area contributed by atoms with Crippen molar-refractivity contribution in [2.24, 2.45) is 0 Å². The molecule has 0 fully saturated rings. The van der Waals surface area contributed by atoms with Gasteiger partial charge in [0.1, 0.15) is 0 Å². The molecule has 20 heavy (non-hydrogen) atoms. The molecule has 106 valence electrons. The van der Waals surface area contributed by atoms with Gasteiger partial charge in [-0.2, -0.15) is 0 Å². The molecule has 0 saturated heterocycles. The van der Waals surface area contributed by atoms with E-state index in [1.165, 1.54) is 12.1 Å². The van der Waals surface area contributed by atoms with Gasteiger partial charge >= 0.3 is 0 Å². The van der Waals surface area contributed by atoms with Crippen LogP contribution in [0.1, 0.15) is 29.7 Å². The van der Waals surface area contributed by atoms with Crippen LogP contribution in [0, 0.1) is 18.6 Å². The summed E-state index contributed by atoms with van der Waals surface area (Å²) >= 11 is 0. The van der Waals surface area contributed by atoms with Gasteiger partial charge in [-0.25, -0.2) is 8.78 Å². The van der Waals surface area contributed by atoms with Crippen molar-refractivity contribution in [1.29, 1.82) is 0 Å². The molecular formula is C16H18F2N2. The van der Waals surface area contributed by atoms with E-state index in [-0.39, 0.29) is 6.04 Å². The van der Waals surface area contributed by atoms with Gasteiger partial charge in [-0.3, -0.25) is 4.98 Å². The van der Waals surface area contributed by atoms with Crippen molar-refractivity contribution in [3.63, 3.8) is 0 Å². The summed E-state index contributed by atoms with van der Waals surface area (Å²) < 4.78 is 26.3. The Balaban J connectivity index is 2.25. The molecule has 0 aliphatic heterocycles. The number of hydrogen-bond acceptors (Lipinski definition) is 2. The van der Waals surface area contributed by atoms with Crippen molar-refractivity contribution in [1.82, 2.24) is 10.3 Å². The summed E-state index contributed by atoms with van der Waals surface area (Å²) in [6, 6.07) is 6.03. The van der Waals surface area contributed by atoms with Crippen molar-refractivity contribution >= 4 is 0 Å². The van der Waals surface area contributed by atoms with Crippen LogP contribution in [0.15, 0.2) is 36.7 Å². The average Bonchev–Trinajstić information content (AvgIpc) is 2.43. The third-order valence-electron chi connectivity index (χ3n) is 3.33. The first-order valence-electron chi connectivity index (χ1n) is 6.69. The Kier molecular flexibility index (Phi) is 4.79. The van der Waals surface area contributed by atoms with Crippen LogP contribution in [-0.2, 0) is 6.42 Å². The number of rotatable bonds is 5. The molecule has 0 bridgehead atoms. The van der Waals surface area contributed by atoms with Crippen molar-refractivity contribution < 1.29 is 8.78 Å². The number of likely N-dealkylation sites (N-methyl/N-ethyl adjacent to an activating group) is 1. The monoisotopic (exact) mass is 276 g/mol. The molecule has 2 rings (SSSR count). The fourth-order valence-electron chi connectivity index (χ4n) is 2.28. The molecule has 1 N–H and O–H groups in total. The molecule has 2 nitrogen and oxygen atoms in total. The van der Waals surface area contributed by atoms with E-state index in [0.29, 0.717) is 6.42 Å². The minimum atomic E-state index is -0.814. The summed E-state index contributed by atoms with van der Waals surface area (Å²) in [5.41, 5.74) is 2.98. The number of benzene rings is 1. The Bertz CT molecular complexity index is 584. The van der Waals surface area contributed by atoms with Gasteiger partial charge in [0.05, 0.1) is 0 Å². The second-order valence-electron chi connectivity index (χ2n) is 4.80. The highest BCUT2D eigenvalue weighted by atomic mass is 19.2. The summed E-state index contributed by atoms with van der Waals surface area (Å²) in [7, 11) is 0. The van der Waals surface area contributed by atoms with Crippen LogP contribution in [0.3, 0.4) is 0 Å². The number of aryl methyl sites for hydroxylation is 1. The zero-order chi connectivity index (χ0) is 14.5. The summed E-state index contributed by atoms with van der Waals surface area (Å²) in [4.78, 5) is 4.15. The van der Waals surface area contributed by atoms with E-state index in [0.717, 1.165) is 23.2 Å². The normalized spacial score (nSPS) is 12.4. The lowest BCUT2D eigenvalue weighted by Crippen LogP contribution is -2.24. The number of nitrogens with zero attached hydrogens (tertiary/aromatic N) is 1. The van der Waals surface area contributed by atoms with Gasteiger partial charge in [0, 0.05) is 18.4 Å². The largest absolute Gasteiger partial charge is 0.310 e. The van der Waals surface area contributed by atoms with Crippen molar-refractivity contribution in [3.05, 3.63) is 65.0 Å². The highest BCUT2D eigenvalue weighted by Gasteiger charge is 2.14. The highest BCUT2D eigenvalue weighted by Crippen LogP contribution is 2.21. The van der Waals surface area contributed by atoms with Crippen molar-refractivity contribution in [2.75, 3.05) is 6.54 Å². The first kappa shape index (κ1) is 14.6. The third-order valence-corrected chi connectivity index (χ3v) is 3.33. The van der Waals surface area contributed by atoms with E-state index in [2.05, 4.69) is 10.3 Å². The molecule has 2 aromatic rings. The van der Waals surface area contributed by atoms with Crippen LogP contribution >= 0.6 is 0 Å². The molecule has 4 heteroatoms. The molecule has 0 saturated carbocycles. The summed E-state index contributed by atoms with van der Waals surface area (Å²) in [6.45, 7) is 4.83. The maximum atomic E-state index is 13.3. The molecule has 1 atom stereocenters. The molecular weight excluding hydrogens is 258 g/mol. The molecule has 1 aromatic carbocycles. The molecule has 0 aliphatic carbocycles. The highest BCUT2D eigenvalue weighted by molar-refractivity contribution is 5.28. The fourth-order valence-corrected chi connectivity index (χ4v) is 2.28. The smallest absolute Gasteiger partial charge is 0.159 e. The van der Waals surface area contributed by atoms with Crippen LogP contribution in [0.5, 0.6) is 0 Å². The molecule has 0 aliphatic rings. The first-order chi connectivity index (χ1) is 9.61. The number of aromatic nitrogens is 1. The van der Waals surface area contributed by atoms with E-state index >= 15 is 0 Å². The quantitative estimate of drug-likeness (QED) is 0.903. The molecule has 1 aromatic heterocycles. The second-order valence-corrected chi connectivity index (χ2v) is 4.80. The number of hydrogen-bond donors (Lipinski definition) is 1. The standard InChI is InChI=1S/C16H18F2N2/c1-3-20-16(13-10-19-7-6-11(13)2)9-12-4-5-14(17)15(18)8-12/h4-8,10,16,20H,3,9H2,1-2H3. The molecule has 0 radical (unpaired) electrons. The Morgan fingerprint density at radius 3 is 2.65 bits per heavy atom. The van der Waals surface area contributed by atoms with Crippen LogP contribution in [0.25, 0.3) is 0 Å². The van der Waals surface area contributed by atoms with E-state index in [1.54, 1.807) is 12.3 Å². The Morgan fingerprint density at radius 1 is 1.20 bits per heavy atom. The zero-order valence-electron chi connectivity index (χ0n) is 11.7. The summed E-state index contributed by atoms with van der Waals surface area (Å²) in [6.07, 6.45) is 4.17. The van der Waals surface area contributed by atoms with Crippen LogP contribution in [0.4, 0.5) is 8.78 Å². The van der Waals surface area contributed by atoms with E-state index in [1.807, 2.05) is 26.1 Å². The predicted octanol–water partition coefficient (Wildman–Crippen LogP) is 3.56. The van der Waals surface area contributed by atoms with E-state index in [4.69, 9.17) is 0 Å². The van der Waals surface area contributed by atoms with Gasteiger partial charge in [-0.1, -0.05) is 13.0 Å². The lowest BCUT2D eigenvalue weighted by molar-refractivity contribution is 0.502. The van der Waals surface area contributed by atoms with Crippen LogP contribution < -0.4 is 5.32 Å². The Morgan fingerprint density at radius 2 is 2.00 bits per heavy atom. The minimum absolute atomic E-state index is 0.0403. The lowest BCUT2D eigenvalue weighted by atomic mass is 9.97. The van der Waals surface area contributed by atoms with Crippen molar-refractivity contribution in [3.8, 4) is 0 Å². The van der Waals surface area contributed by atoms with Gasteiger partial charge < -0.3 is 5.32 Å². The van der Waals surface area contributed by atoms with Crippen LogP contribution in [0.2, 0.25) is 0 Å². The van der Waals surface area contributed by atoms with Gasteiger partial charge in [0.15, 0.2) is 11.6 Å². The van der Waals surface area contributed by atoms with E-state index < -0.39 is 11.6 Å². The summed E-state index contributed by atoms with van der Waals surface area (Å²) in [5, 5.41) is 3.37. The second kappa shape index (κ2) is 6.57. The zero-order valence-corrected chi connectivity index (χ0v) is 11.7. The number of halogens is 2. The first-order valence-corrected chi connectivity index (χ1v) is 6.69. The van der Waals surface area contributed by atoms with Crippen molar-refractivity contribution in [2.45, 2.75) is 26.3 Å². The fraction of sp³-hybridized carbons (Fsp3) is 0.312. The third kappa shape index (κ3) is 3.39. The molecule has 1 unspecified atom stereocenters. The average molecular weight is 276 g/mol. The maximum absolute atomic E-state index is 13.3. The van der Waals surface area contributed by atoms with Crippen LogP contribution in [-0.4, -0.2) is 11.5 Å². The Hall–Kier alpha value is -1.81. The number of nitrogens with one attached hydrogen (secondary N) is 1. The SMILES string of the molecule is CCNC(Cc1ccc(F)c(F)c1)c1cnccc1C. The Labute approximate surface area is 117 Å². The topological polar surface area (TPSA) is 24.9 Å². The number of pyridine rings is 1. The molecule has 0 spiro atoms. The minimum Gasteiger partial charge on any atom is -0.310 e. The maximum Gasteiger partial charge on any atom is 0.159 e. The van der Waals surface area contributed by atoms with E-state index in [9.17, 15) is 8.78 Å². The summed E-state index contributed by atoms with van der Waals surface area (Å²) in [5.74, 6) is -1.62. The van der Waals surface area contributed by atoms with Gasteiger partial charge in [0.2, 0.25) is 0 Å². The van der Waals surface area contributed by atoms with Gasteiger partial charge in [-0.05, 0) is 54.8 Å².